The topological polar surface area (TPSA) is 42.0 Å². The lowest BCUT2D eigenvalue weighted by molar-refractivity contribution is 0.676. The van der Waals surface area contributed by atoms with Crippen molar-refractivity contribution in [2.45, 2.75) is 26.7 Å². The van der Waals surface area contributed by atoms with Gasteiger partial charge in [0.05, 0.1) is 11.4 Å². The largest absolute Gasteiger partial charge is 0.306 e. The molecule has 120 valence electrons. The van der Waals surface area contributed by atoms with Crippen molar-refractivity contribution in [3.05, 3.63) is 60.4 Å². The molecular formula is C20H20N4. The minimum atomic E-state index is 0.497. The van der Waals surface area contributed by atoms with E-state index in [1.807, 2.05) is 28.8 Å². The molecule has 3 aromatic rings. The van der Waals surface area contributed by atoms with Gasteiger partial charge < -0.3 is 4.40 Å². The van der Waals surface area contributed by atoms with Gasteiger partial charge >= 0.3 is 0 Å². The molecule has 4 heteroatoms. The average Bonchev–Trinajstić information content (AvgIpc) is 3.06. The zero-order chi connectivity index (χ0) is 16.5. The van der Waals surface area contributed by atoms with E-state index in [9.17, 15) is 0 Å². The van der Waals surface area contributed by atoms with Crippen LogP contribution in [0, 0.1) is 5.92 Å². The lowest BCUT2D eigenvalue weighted by Crippen LogP contribution is -2.19. The van der Waals surface area contributed by atoms with E-state index in [1.54, 1.807) is 0 Å². The predicted molar refractivity (Wildman–Crippen MR) is 98.7 cm³/mol. The first-order valence-electron chi connectivity index (χ1n) is 8.40. The van der Waals surface area contributed by atoms with Crippen molar-refractivity contribution < 1.29 is 0 Å². The Morgan fingerprint density at radius 3 is 2.79 bits per heavy atom. The van der Waals surface area contributed by atoms with Crippen LogP contribution in [0.2, 0.25) is 0 Å². The quantitative estimate of drug-likeness (QED) is 0.696. The van der Waals surface area contributed by atoms with Gasteiger partial charge in [-0.1, -0.05) is 31.2 Å². The van der Waals surface area contributed by atoms with Gasteiger partial charge in [0.15, 0.2) is 0 Å². The molecule has 1 unspecified atom stereocenters. The van der Waals surface area contributed by atoms with E-state index in [0.717, 1.165) is 46.7 Å². The van der Waals surface area contributed by atoms with Gasteiger partial charge in [0.1, 0.15) is 5.65 Å². The fraction of sp³-hybridized carbons (Fsp3) is 0.250. The van der Waals surface area contributed by atoms with Crippen LogP contribution in [0.4, 0.5) is 0 Å². The number of hydrogen-bond acceptors (Lipinski definition) is 3. The van der Waals surface area contributed by atoms with Gasteiger partial charge in [-0.25, -0.2) is 4.98 Å². The van der Waals surface area contributed by atoms with Crippen LogP contribution >= 0.6 is 0 Å². The first-order chi connectivity index (χ1) is 11.7. The van der Waals surface area contributed by atoms with E-state index in [0.29, 0.717) is 5.92 Å². The maximum absolute atomic E-state index is 4.71. The van der Waals surface area contributed by atoms with Gasteiger partial charge in [0, 0.05) is 36.0 Å². The van der Waals surface area contributed by atoms with Crippen LogP contribution in [-0.2, 0) is 0 Å². The maximum atomic E-state index is 4.71. The molecule has 0 spiro atoms. The summed E-state index contributed by atoms with van der Waals surface area (Å²) in [5.41, 5.74) is 6.39. The summed E-state index contributed by atoms with van der Waals surface area (Å²) in [5, 5.41) is 8.80. The van der Waals surface area contributed by atoms with Crippen LogP contribution in [0.25, 0.3) is 16.9 Å². The predicted octanol–water partition coefficient (Wildman–Crippen LogP) is 4.60. The van der Waals surface area contributed by atoms with Crippen molar-refractivity contribution in [2.24, 2.45) is 16.1 Å². The Morgan fingerprint density at radius 2 is 1.96 bits per heavy atom. The van der Waals surface area contributed by atoms with Crippen molar-refractivity contribution >= 4 is 17.1 Å². The Morgan fingerprint density at radius 1 is 1.08 bits per heavy atom. The van der Waals surface area contributed by atoms with E-state index < -0.39 is 0 Å². The number of hydrogen-bond donors (Lipinski definition) is 0. The van der Waals surface area contributed by atoms with E-state index in [-0.39, 0.29) is 0 Å². The Hall–Kier alpha value is -2.75. The minimum Gasteiger partial charge on any atom is -0.306 e. The highest BCUT2D eigenvalue weighted by atomic mass is 15.2. The van der Waals surface area contributed by atoms with E-state index in [4.69, 9.17) is 4.98 Å². The molecule has 0 saturated carbocycles. The standard InChI is InChI=1S/C20H20N4/c1-3-15-12-18(23-22-14(15)2)16-7-6-8-17(11-16)19-13-24-10-5-4-9-20(24)21-19/h4-11,13,15H,3,12H2,1-2H3. The molecule has 4 rings (SSSR count). The minimum absolute atomic E-state index is 0.497. The van der Waals surface area contributed by atoms with E-state index >= 15 is 0 Å². The molecule has 2 aromatic heterocycles. The zero-order valence-electron chi connectivity index (χ0n) is 14.0. The third-order valence-electron chi connectivity index (χ3n) is 4.71. The number of rotatable bonds is 3. The molecule has 1 aromatic carbocycles. The van der Waals surface area contributed by atoms with Gasteiger partial charge in [-0.05, 0) is 37.1 Å². The fourth-order valence-electron chi connectivity index (χ4n) is 3.19. The molecule has 24 heavy (non-hydrogen) atoms. The molecule has 0 N–H and O–H groups in total. The summed E-state index contributed by atoms with van der Waals surface area (Å²) in [6, 6.07) is 14.5. The van der Waals surface area contributed by atoms with Gasteiger partial charge in [0.25, 0.3) is 0 Å². The summed E-state index contributed by atoms with van der Waals surface area (Å²) in [5.74, 6) is 0.497. The number of benzene rings is 1. The molecule has 4 nitrogen and oxygen atoms in total. The lowest BCUT2D eigenvalue weighted by Gasteiger charge is -2.19. The van der Waals surface area contributed by atoms with Crippen LogP contribution in [0.15, 0.2) is 65.1 Å². The third kappa shape index (κ3) is 2.64. The van der Waals surface area contributed by atoms with Gasteiger partial charge in [-0.2, -0.15) is 10.2 Å². The Kier molecular flexibility index (Phi) is 3.73. The monoisotopic (exact) mass is 316 g/mol. The maximum Gasteiger partial charge on any atom is 0.137 e. The van der Waals surface area contributed by atoms with Crippen molar-refractivity contribution in [2.75, 3.05) is 0 Å². The molecule has 0 amide bonds. The second-order valence-corrected chi connectivity index (χ2v) is 6.27. The highest BCUT2D eigenvalue weighted by Gasteiger charge is 2.19. The van der Waals surface area contributed by atoms with Crippen molar-refractivity contribution in [1.29, 1.82) is 0 Å². The van der Waals surface area contributed by atoms with Crippen LogP contribution in [0.5, 0.6) is 0 Å². The second kappa shape index (κ2) is 6.04. The van der Waals surface area contributed by atoms with Crippen molar-refractivity contribution in [3.63, 3.8) is 0 Å². The summed E-state index contributed by atoms with van der Waals surface area (Å²) in [6.45, 7) is 4.28. The molecule has 1 aliphatic heterocycles. The molecule has 0 saturated heterocycles. The number of fused-ring (bicyclic) bond motifs is 1. The molecule has 3 heterocycles. The van der Waals surface area contributed by atoms with Gasteiger partial charge in [0.2, 0.25) is 0 Å². The average molecular weight is 316 g/mol. The number of nitrogens with zero attached hydrogens (tertiary/aromatic N) is 4. The van der Waals surface area contributed by atoms with Crippen molar-refractivity contribution in [1.82, 2.24) is 9.38 Å². The SMILES string of the molecule is CCC1CC(c2cccc(-c3cn4ccccc4n3)c2)=NN=C1C. The van der Waals surface area contributed by atoms with Crippen LogP contribution in [0.3, 0.4) is 0 Å². The molecule has 0 radical (unpaired) electrons. The van der Waals surface area contributed by atoms with Crippen LogP contribution < -0.4 is 0 Å². The van der Waals surface area contributed by atoms with Gasteiger partial charge in [-0.3, -0.25) is 0 Å². The fourth-order valence-corrected chi connectivity index (χ4v) is 3.19. The number of pyridine rings is 1. The first-order valence-corrected chi connectivity index (χ1v) is 8.40. The first kappa shape index (κ1) is 14.8. The molecule has 1 aliphatic rings. The second-order valence-electron chi connectivity index (χ2n) is 6.27. The molecule has 1 atom stereocenters. The smallest absolute Gasteiger partial charge is 0.137 e. The zero-order valence-corrected chi connectivity index (χ0v) is 14.0. The lowest BCUT2D eigenvalue weighted by atomic mass is 9.90. The molecule has 0 bridgehead atoms. The molecule has 0 fully saturated rings. The van der Waals surface area contributed by atoms with Gasteiger partial charge in [-0.15, -0.1) is 0 Å². The highest BCUT2D eigenvalue weighted by molar-refractivity contribution is 6.05. The Labute approximate surface area is 141 Å². The summed E-state index contributed by atoms with van der Waals surface area (Å²) in [7, 11) is 0. The Bertz CT molecular complexity index is 916. The summed E-state index contributed by atoms with van der Waals surface area (Å²) >= 11 is 0. The normalized spacial score (nSPS) is 17.7. The number of imidazole rings is 1. The highest BCUT2D eigenvalue weighted by Crippen LogP contribution is 2.24. The molecule has 0 aliphatic carbocycles. The number of aromatic nitrogens is 2. The van der Waals surface area contributed by atoms with Crippen LogP contribution in [0.1, 0.15) is 32.3 Å². The van der Waals surface area contributed by atoms with E-state index in [2.05, 4.69) is 54.5 Å². The third-order valence-corrected chi connectivity index (χ3v) is 4.71. The van der Waals surface area contributed by atoms with Crippen LogP contribution in [-0.4, -0.2) is 20.8 Å². The van der Waals surface area contributed by atoms with Crippen molar-refractivity contribution in [3.8, 4) is 11.3 Å². The van der Waals surface area contributed by atoms with E-state index in [1.165, 1.54) is 0 Å². The Balaban J connectivity index is 1.71. The summed E-state index contributed by atoms with van der Waals surface area (Å²) in [4.78, 5) is 4.71. The summed E-state index contributed by atoms with van der Waals surface area (Å²) in [6.07, 6.45) is 6.14. The molecular weight excluding hydrogens is 296 g/mol. The summed E-state index contributed by atoms with van der Waals surface area (Å²) < 4.78 is 2.04.